The Morgan fingerprint density at radius 3 is 2.67 bits per heavy atom. The average molecular weight is 285 g/mol. The summed E-state index contributed by atoms with van der Waals surface area (Å²) in [6.07, 6.45) is 6.97. The minimum atomic E-state index is -1.76. The smallest absolute Gasteiger partial charge is 0.423 e. The van der Waals surface area contributed by atoms with Crippen molar-refractivity contribution >= 4 is 29.3 Å². The molecule has 0 bridgehead atoms. The number of aromatic nitrogens is 3. The second-order valence-electron chi connectivity index (χ2n) is 4.16. The van der Waals surface area contributed by atoms with E-state index in [1.54, 1.807) is 13.0 Å². The maximum atomic E-state index is 14.0. The van der Waals surface area contributed by atoms with E-state index in [9.17, 15) is 14.4 Å². The number of hydrogen-bond acceptors (Lipinski definition) is 5. The third-order valence-electron chi connectivity index (χ3n) is 2.80. The molecule has 0 atom stereocenters. The molecule has 21 heavy (non-hydrogen) atoms. The molecule has 106 valence electrons. The van der Waals surface area contributed by atoms with Gasteiger partial charge in [0.05, 0.1) is 5.69 Å². The molecular formula is C14H13BFN3O2. The molecule has 0 amide bonds. The SMILES string of the molecule is C=C/C(=C(F)\C=C/C)c1cc(B(O)O)c2nccnc2n1. The molecule has 2 heterocycles. The number of rotatable bonds is 4. The molecule has 2 aromatic heterocycles. The highest BCUT2D eigenvalue weighted by Gasteiger charge is 2.20. The van der Waals surface area contributed by atoms with Crippen LogP contribution in [-0.4, -0.2) is 32.1 Å². The highest BCUT2D eigenvalue weighted by Crippen LogP contribution is 2.21. The molecule has 0 unspecified atom stereocenters. The Bertz CT molecular complexity index is 744. The summed E-state index contributed by atoms with van der Waals surface area (Å²) in [4.78, 5) is 12.2. The molecule has 5 nitrogen and oxygen atoms in total. The predicted octanol–water partition coefficient (Wildman–Crippen LogP) is 1.15. The number of halogens is 1. The van der Waals surface area contributed by atoms with Gasteiger partial charge in [0.2, 0.25) is 0 Å². The van der Waals surface area contributed by atoms with Crippen molar-refractivity contribution in [2.24, 2.45) is 0 Å². The number of fused-ring (bicyclic) bond motifs is 1. The first kappa shape index (κ1) is 15.0. The lowest BCUT2D eigenvalue weighted by Gasteiger charge is -2.08. The van der Waals surface area contributed by atoms with Crippen LogP contribution in [-0.2, 0) is 0 Å². The fourth-order valence-corrected chi connectivity index (χ4v) is 1.87. The second-order valence-corrected chi connectivity index (χ2v) is 4.16. The highest BCUT2D eigenvalue weighted by molar-refractivity contribution is 6.61. The fourth-order valence-electron chi connectivity index (χ4n) is 1.87. The van der Waals surface area contributed by atoms with Gasteiger partial charge in [0.1, 0.15) is 11.3 Å². The summed E-state index contributed by atoms with van der Waals surface area (Å²) >= 11 is 0. The van der Waals surface area contributed by atoms with E-state index < -0.39 is 12.9 Å². The van der Waals surface area contributed by atoms with Crippen LogP contribution in [0.25, 0.3) is 16.7 Å². The van der Waals surface area contributed by atoms with Gasteiger partial charge in [-0.1, -0.05) is 18.7 Å². The fraction of sp³-hybridized carbons (Fsp3) is 0.0714. The van der Waals surface area contributed by atoms with Crippen LogP contribution in [0.5, 0.6) is 0 Å². The van der Waals surface area contributed by atoms with Crippen molar-refractivity contribution in [1.29, 1.82) is 0 Å². The standard InChI is InChI=1S/C14H13BFN3O2/c1-3-5-11(16)9(4-2)12-8-10(15(20)21)13-14(19-12)18-7-6-17-13/h3-8,20-21H,2H2,1H3/b5-3-,11-9-. The van der Waals surface area contributed by atoms with Gasteiger partial charge in [0, 0.05) is 23.4 Å². The van der Waals surface area contributed by atoms with E-state index >= 15 is 0 Å². The summed E-state index contributed by atoms with van der Waals surface area (Å²) in [5.41, 5.74) is 0.909. The Hall–Kier alpha value is -2.38. The highest BCUT2D eigenvalue weighted by atomic mass is 19.1. The van der Waals surface area contributed by atoms with E-state index in [0.717, 1.165) is 0 Å². The van der Waals surface area contributed by atoms with E-state index in [4.69, 9.17) is 0 Å². The Morgan fingerprint density at radius 2 is 2.05 bits per heavy atom. The molecule has 2 aromatic rings. The molecule has 0 aliphatic carbocycles. The zero-order chi connectivity index (χ0) is 15.4. The first-order valence-corrected chi connectivity index (χ1v) is 6.21. The molecular weight excluding hydrogens is 272 g/mol. The lowest BCUT2D eigenvalue weighted by molar-refractivity contribution is 0.426. The summed E-state index contributed by atoms with van der Waals surface area (Å²) < 4.78 is 14.0. The first-order valence-electron chi connectivity index (χ1n) is 6.21. The average Bonchev–Trinajstić information content (AvgIpc) is 2.47. The Morgan fingerprint density at radius 1 is 1.33 bits per heavy atom. The molecule has 0 aromatic carbocycles. The van der Waals surface area contributed by atoms with Crippen molar-refractivity contribution < 1.29 is 14.4 Å². The molecule has 0 radical (unpaired) electrons. The van der Waals surface area contributed by atoms with E-state index in [-0.39, 0.29) is 27.9 Å². The van der Waals surface area contributed by atoms with Crippen molar-refractivity contribution in [3.8, 4) is 0 Å². The van der Waals surface area contributed by atoms with Crippen LogP contribution in [0.4, 0.5) is 4.39 Å². The van der Waals surface area contributed by atoms with Gasteiger partial charge in [-0.3, -0.25) is 4.98 Å². The van der Waals surface area contributed by atoms with Gasteiger partial charge in [-0.25, -0.2) is 14.4 Å². The van der Waals surface area contributed by atoms with Crippen molar-refractivity contribution in [1.82, 2.24) is 15.0 Å². The van der Waals surface area contributed by atoms with Crippen molar-refractivity contribution in [2.75, 3.05) is 0 Å². The zero-order valence-electron chi connectivity index (χ0n) is 11.4. The maximum absolute atomic E-state index is 14.0. The van der Waals surface area contributed by atoms with Crippen molar-refractivity contribution in [3.63, 3.8) is 0 Å². The molecule has 0 saturated heterocycles. The van der Waals surface area contributed by atoms with Crippen LogP contribution in [0.15, 0.2) is 49.1 Å². The molecule has 2 rings (SSSR count). The van der Waals surface area contributed by atoms with E-state index in [0.29, 0.717) is 0 Å². The van der Waals surface area contributed by atoms with Crippen molar-refractivity contribution in [2.45, 2.75) is 6.92 Å². The molecule has 0 fully saturated rings. The molecule has 7 heteroatoms. The number of hydrogen-bond donors (Lipinski definition) is 2. The van der Waals surface area contributed by atoms with Crippen LogP contribution in [0, 0.1) is 0 Å². The van der Waals surface area contributed by atoms with E-state index in [1.807, 2.05) is 0 Å². The maximum Gasteiger partial charge on any atom is 0.490 e. The summed E-state index contributed by atoms with van der Waals surface area (Å²) in [6.45, 7) is 5.25. The predicted molar refractivity (Wildman–Crippen MR) is 80.2 cm³/mol. The summed E-state index contributed by atoms with van der Waals surface area (Å²) in [5.74, 6) is -0.526. The summed E-state index contributed by atoms with van der Waals surface area (Å²) in [6, 6.07) is 1.36. The molecule has 0 aliphatic rings. The molecule has 0 saturated carbocycles. The van der Waals surface area contributed by atoms with Crippen LogP contribution in [0.2, 0.25) is 0 Å². The lowest BCUT2D eigenvalue weighted by atomic mass is 9.79. The molecule has 2 N–H and O–H groups in total. The zero-order valence-corrected chi connectivity index (χ0v) is 11.4. The third kappa shape index (κ3) is 3.04. The quantitative estimate of drug-likeness (QED) is 0.650. The second kappa shape index (κ2) is 6.38. The van der Waals surface area contributed by atoms with E-state index in [1.165, 1.54) is 30.6 Å². The first-order chi connectivity index (χ1) is 10.1. The van der Waals surface area contributed by atoms with E-state index in [2.05, 4.69) is 21.5 Å². The Balaban J connectivity index is 2.76. The minimum Gasteiger partial charge on any atom is -0.423 e. The van der Waals surface area contributed by atoms with Gasteiger partial charge in [0.15, 0.2) is 5.65 Å². The molecule has 0 aliphatic heterocycles. The monoisotopic (exact) mass is 285 g/mol. The molecule has 0 spiro atoms. The summed E-state index contributed by atoms with van der Waals surface area (Å²) in [7, 11) is -1.76. The summed E-state index contributed by atoms with van der Waals surface area (Å²) in [5, 5.41) is 18.9. The minimum absolute atomic E-state index is 0.107. The van der Waals surface area contributed by atoms with Gasteiger partial charge in [-0.2, -0.15) is 0 Å². The number of nitrogens with zero attached hydrogens (tertiary/aromatic N) is 3. The van der Waals surface area contributed by atoms with Crippen LogP contribution in [0.3, 0.4) is 0 Å². The lowest BCUT2D eigenvalue weighted by Crippen LogP contribution is -2.32. The van der Waals surface area contributed by atoms with Gasteiger partial charge >= 0.3 is 7.12 Å². The van der Waals surface area contributed by atoms with Gasteiger partial charge < -0.3 is 10.0 Å². The van der Waals surface area contributed by atoms with Crippen LogP contribution < -0.4 is 5.46 Å². The van der Waals surface area contributed by atoms with Gasteiger partial charge in [0.25, 0.3) is 0 Å². The van der Waals surface area contributed by atoms with Crippen molar-refractivity contribution in [3.05, 3.63) is 54.8 Å². The Kier molecular flexibility index (Phi) is 4.57. The number of pyridine rings is 1. The Labute approximate surface area is 121 Å². The topological polar surface area (TPSA) is 79.1 Å². The van der Waals surface area contributed by atoms with Crippen LogP contribution in [0.1, 0.15) is 12.6 Å². The van der Waals surface area contributed by atoms with Crippen LogP contribution >= 0.6 is 0 Å². The number of allylic oxidation sites excluding steroid dienone is 5. The normalized spacial score (nSPS) is 12.6. The largest absolute Gasteiger partial charge is 0.490 e. The van der Waals surface area contributed by atoms with Gasteiger partial charge in [-0.15, -0.1) is 0 Å². The van der Waals surface area contributed by atoms with Gasteiger partial charge in [-0.05, 0) is 19.1 Å². The third-order valence-corrected chi connectivity index (χ3v) is 2.80.